The molecule has 7 nitrogen and oxygen atoms in total. The van der Waals surface area contributed by atoms with Crippen molar-refractivity contribution in [1.82, 2.24) is 4.90 Å². The number of carbonyl (C=O) groups excluding carboxylic acids is 1. The van der Waals surface area contributed by atoms with Gasteiger partial charge in [0.2, 0.25) is 5.91 Å². The molecule has 0 atom stereocenters. The third-order valence-corrected chi connectivity index (χ3v) is 6.81. The fourth-order valence-corrected chi connectivity index (χ4v) is 4.53. The fraction of sp³-hybridized carbons (Fsp3) is 0.292. The maximum absolute atomic E-state index is 12.9. The van der Waals surface area contributed by atoms with E-state index in [1.165, 1.54) is 31.4 Å². The van der Waals surface area contributed by atoms with Gasteiger partial charge in [0.05, 0.1) is 30.0 Å². The lowest BCUT2D eigenvalue weighted by molar-refractivity contribution is -0.133. The monoisotopic (exact) mass is 525 g/mol. The van der Waals surface area contributed by atoms with E-state index in [1.807, 2.05) is 13.8 Å². The number of methoxy groups -OCH3 is 1. The number of ether oxygens (including phenoxy) is 1. The average Bonchev–Trinajstić information content (AvgIpc) is 3.28. The molecule has 1 amide bonds. The molecule has 1 aromatic heterocycles. The van der Waals surface area contributed by atoms with E-state index in [0.29, 0.717) is 17.7 Å². The second kappa shape index (κ2) is 11.2. The van der Waals surface area contributed by atoms with Gasteiger partial charge in [0, 0.05) is 13.0 Å². The van der Waals surface area contributed by atoms with Crippen molar-refractivity contribution >= 4 is 39.2 Å². The van der Waals surface area contributed by atoms with Gasteiger partial charge < -0.3 is 18.2 Å². The summed E-state index contributed by atoms with van der Waals surface area (Å²) >= 11 is 11.9. The molecule has 0 aliphatic rings. The summed E-state index contributed by atoms with van der Waals surface area (Å²) in [6, 6.07) is 12.3. The van der Waals surface area contributed by atoms with Crippen LogP contribution in [0.5, 0.6) is 11.5 Å². The van der Waals surface area contributed by atoms with Gasteiger partial charge >= 0.3 is 10.1 Å². The summed E-state index contributed by atoms with van der Waals surface area (Å²) in [5, 5.41) is 0.312. The van der Waals surface area contributed by atoms with E-state index in [4.69, 9.17) is 36.5 Å². The first-order chi connectivity index (χ1) is 16.1. The van der Waals surface area contributed by atoms with Crippen molar-refractivity contribution in [3.05, 3.63) is 76.2 Å². The van der Waals surface area contributed by atoms with Crippen molar-refractivity contribution in [2.24, 2.45) is 5.92 Å². The van der Waals surface area contributed by atoms with Gasteiger partial charge in [0.15, 0.2) is 11.5 Å². The molecule has 1 heterocycles. The minimum Gasteiger partial charge on any atom is -0.493 e. The van der Waals surface area contributed by atoms with Gasteiger partial charge in [-0.2, -0.15) is 8.42 Å². The summed E-state index contributed by atoms with van der Waals surface area (Å²) in [7, 11) is -2.82. The topological polar surface area (TPSA) is 86.0 Å². The summed E-state index contributed by atoms with van der Waals surface area (Å²) in [6.45, 7) is 4.44. The summed E-state index contributed by atoms with van der Waals surface area (Å²) in [6.07, 6.45) is 1.92. The lowest BCUT2D eigenvalue weighted by Crippen LogP contribution is -2.30. The molecule has 3 rings (SSSR count). The molecule has 0 spiro atoms. The third-order valence-electron chi connectivity index (χ3n) is 4.84. The highest BCUT2D eigenvalue weighted by Gasteiger charge is 2.22. The van der Waals surface area contributed by atoms with Crippen LogP contribution >= 0.6 is 23.2 Å². The Morgan fingerprint density at radius 3 is 2.41 bits per heavy atom. The molecule has 0 N–H and O–H groups in total. The number of furan rings is 1. The lowest BCUT2D eigenvalue weighted by Gasteiger charge is -2.23. The molecule has 0 aliphatic heterocycles. The molecule has 0 saturated carbocycles. The quantitative estimate of drug-likeness (QED) is 0.304. The Morgan fingerprint density at radius 2 is 1.79 bits per heavy atom. The second-order valence-corrected chi connectivity index (χ2v) is 10.4. The molecule has 182 valence electrons. The number of hydrogen-bond donors (Lipinski definition) is 0. The molecule has 10 heteroatoms. The van der Waals surface area contributed by atoms with E-state index in [9.17, 15) is 13.2 Å². The Kier molecular flexibility index (Phi) is 8.52. The first kappa shape index (κ1) is 25.9. The summed E-state index contributed by atoms with van der Waals surface area (Å²) < 4.78 is 41.8. The van der Waals surface area contributed by atoms with Crippen LogP contribution < -0.4 is 8.92 Å². The molecule has 34 heavy (non-hydrogen) atoms. The maximum Gasteiger partial charge on any atom is 0.339 e. The van der Waals surface area contributed by atoms with Crippen molar-refractivity contribution in [3.8, 4) is 11.5 Å². The predicted octanol–water partition coefficient (Wildman–Crippen LogP) is 5.94. The molecule has 0 aliphatic carbocycles. The van der Waals surface area contributed by atoms with Gasteiger partial charge in [-0.1, -0.05) is 43.1 Å². The number of benzene rings is 2. The average molecular weight is 526 g/mol. The summed E-state index contributed by atoms with van der Waals surface area (Å²) in [5.74, 6) is 0.980. The van der Waals surface area contributed by atoms with Crippen LogP contribution in [0.1, 0.15) is 31.6 Å². The Bertz CT molecular complexity index is 1240. The predicted molar refractivity (Wildman–Crippen MR) is 130 cm³/mol. The Labute approximate surface area is 209 Å². The fourth-order valence-electron chi connectivity index (χ4n) is 3.20. The molecule has 3 aromatic rings. The van der Waals surface area contributed by atoms with E-state index in [1.54, 1.807) is 35.4 Å². The third kappa shape index (κ3) is 6.68. The standard InChI is InChI=1S/C24H25Cl2NO6S/c1-16(2)11-24(28)27(15-18-5-4-10-32-18)14-17-6-9-22(31-3)23(12-17)33-34(29,30)19-7-8-20(25)21(26)13-19/h4-10,12-13,16H,11,14-15H2,1-3H3. The highest BCUT2D eigenvalue weighted by Crippen LogP contribution is 2.33. The van der Waals surface area contributed by atoms with Crippen molar-refractivity contribution in [1.29, 1.82) is 0 Å². The van der Waals surface area contributed by atoms with E-state index in [-0.39, 0.29) is 51.4 Å². The minimum absolute atomic E-state index is 0.0136. The Balaban J connectivity index is 1.89. The first-order valence-corrected chi connectivity index (χ1v) is 12.6. The van der Waals surface area contributed by atoms with E-state index < -0.39 is 10.1 Å². The van der Waals surface area contributed by atoms with Gasteiger partial charge in [-0.3, -0.25) is 4.79 Å². The van der Waals surface area contributed by atoms with Crippen LogP contribution in [0, 0.1) is 5.92 Å². The Hall–Kier alpha value is -2.68. The SMILES string of the molecule is COc1ccc(CN(Cc2ccco2)C(=O)CC(C)C)cc1OS(=O)(=O)c1ccc(Cl)c(Cl)c1. The minimum atomic E-state index is -4.22. The number of rotatable bonds is 10. The maximum atomic E-state index is 12.9. The molecule has 0 bridgehead atoms. The molecule has 0 unspecified atom stereocenters. The van der Waals surface area contributed by atoms with Gasteiger partial charge in [-0.05, 0) is 53.9 Å². The molecule has 0 radical (unpaired) electrons. The zero-order valence-corrected chi connectivity index (χ0v) is 21.3. The second-order valence-electron chi connectivity index (χ2n) is 8.03. The largest absolute Gasteiger partial charge is 0.493 e. The van der Waals surface area contributed by atoms with E-state index in [2.05, 4.69) is 0 Å². The van der Waals surface area contributed by atoms with Crippen LogP contribution in [0.15, 0.2) is 64.1 Å². The molecule has 2 aromatic carbocycles. The first-order valence-electron chi connectivity index (χ1n) is 10.5. The van der Waals surface area contributed by atoms with Crippen molar-refractivity contribution in [2.75, 3.05) is 7.11 Å². The number of halogens is 2. The van der Waals surface area contributed by atoms with Crippen LogP contribution in [0.25, 0.3) is 0 Å². The summed E-state index contributed by atoms with van der Waals surface area (Å²) in [5.41, 5.74) is 0.656. The lowest BCUT2D eigenvalue weighted by atomic mass is 10.1. The molecular weight excluding hydrogens is 501 g/mol. The van der Waals surface area contributed by atoms with E-state index >= 15 is 0 Å². The van der Waals surface area contributed by atoms with Crippen LogP contribution in [-0.4, -0.2) is 26.3 Å². The van der Waals surface area contributed by atoms with Gasteiger partial charge in [0.25, 0.3) is 0 Å². The van der Waals surface area contributed by atoms with Crippen LogP contribution in [-0.2, 0) is 28.0 Å². The molecule has 0 fully saturated rings. The smallest absolute Gasteiger partial charge is 0.339 e. The number of nitrogens with zero attached hydrogens (tertiary/aromatic N) is 1. The number of amides is 1. The van der Waals surface area contributed by atoms with Crippen molar-refractivity contribution < 1.29 is 26.5 Å². The zero-order chi connectivity index (χ0) is 24.9. The van der Waals surface area contributed by atoms with Gasteiger partial charge in [-0.25, -0.2) is 0 Å². The highest BCUT2D eigenvalue weighted by atomic mass is 35.5. The van der Waals surface area contributed by atoms with Crippen LogP contribution in [0.4, 0.5) is 0 Å². The van der Waals surface area contributed by atoms with Crippen molar-refractivity contribution in [3.63, 3.8) is 0 Å². The molecule has 0 saturated heterocycles. The Morgan fingerprint density at radius 1 is 1.03 bits per heavy atom. The highest BCUT2D eigenvalue weighted by molar-refractivity contribution is 7.87. The van der Waals surface area contributed by atoms with Crippen molar-refractivity contribution in [2.45, 2.75) is 38.3 Å². The van der Waals surface area contributed by atoms with Gasteiger partial charge in [0.1, 0.15) is 10.7 Å². The zero-order valence-electron chi connectivity index (χ0n) is 19.0. The van der Waals surface area contributed by atoms with Crippen LogP contribution in [0.2, 0.25) is 10.0 Å². The van der Waals surface area contributed by atoms with Gasteiger partial charge in [-0.15, -0.1) is 0 Å². The summed E-state index contributed by atoms with van der Waals surface area (Å²) in [4.78, 5) is 14.4. The molecular formula is C24H25Cl2NO6S. The number of hydrogen-bond acceptors (Lipinski definition) is 6. The van der Waals surface area contributed by atoms with E-state index in [0.717, 1.165) is 0 Å². The van der Waals surface area contributed by atoms with Crippen LogP contribution in [0.3, 0.4) is 0 Å². The number of carbonyl (C=O) groups is 1. The normalized spacial score (nSPS) is 11.5.